The van der Waals surface area contributed by atoms with Gasteiger partial charge in [-0.2, -0.15) is 32.3 Å². The van der Waals surface area contributed by atoms with Crippen molar-refractivity contribution in [2.45, 2.75) is 52.0 Å². The summed E-state index contributed by atoms with van der Waals surface area (Å²) in [4.78, 5) is 5.83. The Morgan fingerprint density at radius 3 is 2.68 bits per heavy atom. The number of aromatic amines is 1. The normalized spacial score (nSPS) is 24.6. The van der Waals surface area contributed by atoms with E-state index in [4.69, 9.17) is 5.26 Å². The van der Waals surface area contributed by atoms with Gasteiger partial charge in [0.15, 0.2) is 0 Å². The third kappa shape index (κ3) is 3.80. The van der Waals surface area contributed by atoms with Crippen LogP contribution in [0.1, 0.15) is 51.6 Å². The summed E-state index contributed by atoms with van der Waals surface area (Å²) in [5, 5.41) is 10.2. The summed E-state index contributed by atoms with van der Waals surface area (Å²) < 4.78 is 0. The van der Waals surface area contributed by atoms with Gasteiger partial charge in [-0.15, -0.1) is 0 Å². The van der Waals surface area contributed by atoms with E-state index in [0.717, 1.165) is 23.4 Å². The molecule has 1 aliphatic carbocycles. The van der Waals surface area contributed by atoms with Gasteiger partial charge in [-0.25, -0.2) is 0 Å². The van der Waals surface area contributed by atoms with Crippen molar-refractivity contribution in [2.75, 3.05) is 11.4 Å². The first-order valence-corrected chi connectivity index (χ1v) is 8.85. The lowest BCUT2D eigenvalue weighted by atomic mass is 9.69. The van der Waals surface area contributed by atoms with Crippen LogP contribution in [-0.2, 0) is 0 Å². The molecule has 5 heteroatoms. The van der Waals surface area contributed by atoms with Crippen molar-refractivity contribution in [2.24, 2.45) is 11.3 Å². The molecule has 0 radical (unpaired) electrons. The molecule has 2 aliphatic rings. The van der Waals surface area contributed by atoms with Gasteiger partial charge >= 0.3 is 0 Å². The standard InChI is InChI=1S/C20H25N3.2H2S/c1-20(2)11-14-5-3-4-6-19(14)23(13-20)17-7-8-18-15(10-17)9-16(12-21)22-18;;/h7-10,14,19,22H,3-6,11,13H2,1-2H3;2*1H2/t14-,19+;;/m1../s1. The number of nitrogens with one attached hydrogen (secondary N) is 1. The predicted molar refractivity (Wildman–Crippen MR) is 115 cm³/mol. The summed E-state index contributed by atoms with van der Waals surface area (Å²) in [7, 11) is 0. The number of fused-ring (bicyclic) bond motifs is 2. The fourth-order valence-electron chi connectivity index (χ4n) is 4.83. The SMILES string of the molecule is CC1(C)C[C@H]2CCCC[C@@H]2N(c2ccc3[nH]c(C#N)cc3c2)C1.S.S. The summed E-state index contributed by atoms with van der Waals surface area (Å²) in [6.45, 7) is 5.95. The molecule has 1 aromatic carbocycles. The van der Waals surface area contributed by atoms with Crippen molar-refractivity contribution >= 4 is 43.6 Å². The fraction of sp³-hybridized carbons (Fsp3) is 0.550. The summed E-state index contributed by atoms with van der Waals surface area (Å²) in [6.07, 6.45) is 6.83. The molecule has 0 unspecified atom stereocenters. The highest BCUT2D eigenvalue weighted by Gasteiger charge is 2.40. The second-order valence-electron chi connectivity index (χ2n) is 8.17. The van der Waals surface area contributed by atoms with Crippen molar-refractivity contribution in [1.82, 2.24) is 4.98 Å². The summed E-state index contributed by atoms with van der Waals surface area (Å²) >= 11 is 0. The Bertz CT molecular complexity index is 775. The topological polar surface area (TPSA) is 42.8 Å². The number of nitriles is 1. The van der Waals surface area contributed by atoms with E-state index in [1.165, 1.54) is 37.8 Å². The van der Waals surface area contributed by atoms with Gasteiger partial charge in [0.1, 0.15) is 11.8 Å². The van der Waals surface area contributed by atoms with Crippen LogP contribution in [0.15, 0.2) is 24.3 Å². The van der Waals surface area contributed by atoms with Gasteiger partial charge in [-0.05, 0) is 54.9 Å². The highest BCUT2D eigenvalue weighted by atomic mass is 32.1. The predicted octanol–water partition coefficient (Wildman–Crippen LogP) is 5.06. The minimum Gasteiger partial charge on any atom is -0.368 e. The first-order chi connectivity index (χ1) is 11.1. The molecule has 4 rings (SSSR count). The molecular weight excluding hydrogens is 346 g/mol. The van der Waals surface area contributed by atoms with Crippen molar-refractivity contribution in [3.8, 4) is 6.07 Å². The largest absolute Gasteiger partial charge is 0.368 e. The van der Waals surface area contributed by atoms with E-state index in [-0.39, 0.29) is 27.0 Å². The lowest BCUT2D eigenvalue weighted by molar-refractivity contribution is 0.145. The van der Waals surface area contributed by atoms with Gasteiger partial charge in [0.05, 0.1) is 0 Å². The second kappa shape index (κ2) is 7.55. The molecule has 1 saturated carbocycles. The van der Waals surface area contributed by atoms with Gasteiger partial charge < -0.3 is 9.88 Å². The van der Waals surface area contributed by atoms with E-state index in [2.05, 4.69) is 48.0 Å². The van der Waals surface area contributed by atoms with E-state index in [0.29, 0.717) is 17.2 Å². The van der Waals surface area contributed by atoms with Gasteiger partial charge in [-0.3, -0.25) is 0 Å². The Hall–Kier alpha value is -1.25. The Labute approximate surface area is 164 Å². The van der Waals surface area contributed by atoms with Crippen molar-refractivity contribution < 1.29 is 0 Å². The molecule has 1 aromatic heterocycles. The smallest absolute Gasteiger partial charge is 0.118 e. The Balaban J connectivity index is 0.00000113. The number of hydrogen-bond acceptors (Lipinski definition) is 2. The Kier molecular flexibility index (Phi) is 6.06. The molecular formula is C20H29N3S2. The van der Waals surface area contributed by atoms with Crippen LogP contribution < -0.4 is 4.90 Å². The minimum atomic E-state index is 0. The van der Waals surface area contributed by atoms with Gasteiger partial charge in [0, 0.05) is 29.2 Å². The minimum absolute atomic E-state index is 0. The van der Waals surface area contributed by atoms with Crippen LogP contribution in [-0.4, -0.2) is 17.6 Å². The van der Waals surface area contributed by atoms with E-state index in [9.17, 15) is 0 Å². The highest BCUT2D eigenvalue weighted by Crippen LogP contribution is 2.44. The molecule has 0 spiro atoms. The first-order valence-electron chi connectivity index (χ1n) is 8.85. The molecule has 0 amide bonds. The summed E-state index contributed by atoms with van der Waals surface area (Å²) in [5.74, 6) is 0.837. The van der Waals surface area contributed by atoms with Crippen molar-refractivity contribution in [3.63, 3.8) is 0 Å². The lowest BCUT2D eigenvalue weighted by Gasteiger charge is -2.51. The van der Waals surface area contributed by atoms with Gasteiger partial charge in [0.2, 0.25) is 0 Å². The molecule has 1 saturated heterocycles. The molecule has 2 fully saturated rings. The van der Waals surface area contributed by atoms with Crippen LogP contribution in [0.5, 0.6) is 0 Å². The number of aromatic nitrogens is 1. The zero-order valence-electron chi connectivity index (χ0n) is 15.1. The maximum absolute atomic E-state index is 9.09. The number of benzene rings is 1. The van der Waals surface area contributed by atoms with Crippen molar-refractivity contribution in [3.05, 3.63) is 30.0 Å². The van der Waals surface area contributed by atoms with Crippen LogP contribution in [0.2, 0.25) is 0 Å². The molecule has 136 valence electrons. The Morgan fingerprint density at radius 1 is 1.16 bits per heavy atom. The molecule has 3 nitrogen and oxygen atoms in total. The van der Waals surface area contributed by atoms with E-state index < -0.39 is 0 Å². The summed E-state index contributed by atoms with van der Waals surface area (Å²) in [5.41, 5.74) is 3.41. The fourth-order valence-corrected chi connectivity index (χ4v) is 4.83. The molecule has 2 heterocycles. The molecule has 2 aromatic rings. The van der Waals surface area contributed by atoms with Crippen molar-refractivity contribution in [1.29, 1.82) is 5.26 Å². The van der Waals surface area contributed by atoms with Crippen LogP contribution in [0.25, 0.3) is 10.9 Å². The number of hydrogen-bond donors (Lipinski definition) is 1. The van der Waals surface area contributed by atoms with Crippen LogP contribution >= 0.6 is 27.0 Å². The van der Waals surface area contributed by atoms with Gasteiger partial charge in [-0.1, -0.05) is 26.7 Å². The Morgan fingerprint density at radius 2 is 1.92 bits per heavy atom. The molecule has 1 aliphatic heterocycles. The number of anilines is 1. The average molecular weight is 376 g/mol. The zero-order valence-corrected chi connectivity index (χ0v) is 17.1. The molecule has 25 heavy (non-hydrogen) atoms. The number of nitrogens with zero attached hydrogens (tertiary/aromatic N) is 2. The van der Waals surface area contributed by atoms with Crippen LogP contribution in [0.4, 0.5) is 5.69 Å². The van der Waals surface area contributed by atoms with E-state index in [1.807, 2.05) is 6.07 Å². The van der Waals surface area contributed by atoms with E-state index >= 15 is 0 Å². The molecule has 0 bridgehead atoms. The maximum Gasteiger partial charge on any atom is 0.118 e. The molecule has 2 atom stereocenters. The van der Waals surface area contributed by atoms with Crippen LogP contribution in [0.3, 0.4) is 0 Å². The highest BCUT2D eigenvalue weighted by molar-refractivity contribution is 7.59. The quantitative estimate of drug-likeness (QED) is 0.757. The number of rotatable bonds is 1. The summed E-state index contributed by atoms with van der Waals surface area (Å²) in [6, 6.07) is 11.5. The van der Waals surface area contributed by atoms with Crippen LogP contribution in [0, 0.1) is 22.7 Å². The maximum atomic E-state index is 9.09. The second-order valence-corrected chi connectivity index (χ2v) is 8.17. The first kappa shape index (κ1) is 20.1. The number of piperidine rings is 1. The van der Waals surface area contributed by atoms with Gasteiger partial charge in [0.25, 0.3) is 0 Å². The monoisotopic (exact) mass is 375 g/mol. The molecule has 1 N–H and O–H groups in total. The zero-order chi connectivity index (χ0) is 16.0. The lowest BCUT2D eigenvalue weighted by Crippen LogP contribution is -2.53. The third-order valence-electron chi connectivity index (χ3n) is 5.74. The third-order valence-corrected chi connectivity index (χ3v) is 5.74. The number of H-pyrrole nitrogens is 1. The van der Waals surface area contributed by atoms with E-state index in [1.54, 1.807) is 0 Å². The average Bonchev–Trinajstić information content (AvgIpc) is 2.95.